The highest BCUT2D eigenvalue weighted by Crippen LogP contribution is 2.17. The maximum atomic E-state index is 12.8. The zero-order chi connectivity index (χ0) is 13.9. The Hall–Kier alpha value is -2.68. The Morgan fingerprint density at radius 3 is 2.55 bits per heavy atom. The van der Waals surface area contributed by atoms with E-state index in [4.69, 9.17) is 4.42 Å². The predicted molar refractivity (Wildman–Crippen MR) is 77.8 cm³/mol. The van der Waals surface area contributed by atoms with Crippen molar-refractivity contribution in [2.75, 3.05) is 0 Å². The molecule has 0 spiro atoms. The van der Waals surface area contributed by atoms with Crippen LogP contribution in [-0.2, 0) is 0 Å². The molecule has 2 nitrogen and oxygen atoms in total. The van der Waals surface area contributed by atoms with E-state index in [0.717, 1.165) is 11.1 Å². The molecule has 0 aliphatic heterocycles. The molecule has 0 N–H and O–H groups in total. The molecule has 0 aliphatic carbocycles. The van der Waals surface area contributed by atoms with E-state index < -0.39 is 0 Å². The van der Waals surface area contributed by atoms with Gasteiger partial charge in [-0.05, 0) is 29.3 Å². The Morgan fingerprint density at radius 2 is 1.75 bits per heavy atom. The second-order valence-corrected chi connectivity index (χ2v) is 4.39. The highest BCUT2D eigenvalue weighted by atomic mass is 19.1. The van der Waals surface area contributed by atoms with Crippen LogP contribution in [0.1, 0.15) is 11.1 Å². The third kappa shape index (κ3) is 2.38. The summed E-state index contributed by atoms with van der Waals surface area (Å²) in [4.78, 5) is 11.9. The van der Waals surface area contributed by atoms with Gasteiger partial charge in [0, 0.05) is 6.07 Å². The quantitative estimate of drug-likeness (QED) is 0.653. The first-order valence-electron chi connectivity index (χ1n) is 6.18. The second kappa shape index (κ2) is 5.13. The summed E-state index contributed by atoms with van der Waals surface area (Å²) in [5.41, 5.74) is 2.12. The Labute approximate surface area is 114 Å². The molecule has 0 radical (unpaired) electrons. The van der Waals surface area contributed by atoms with Gasteiger partial charge in [-0.15, -0.1) is 0 Å². The van der Waals surface area contributed by atoms with Crippen LogP contribution in [0.15, 0.2) is 64.0 Å². The lowest BCUT2D eigenvalue weighted by molar-refractivity contribution is 0.602. The highest BCUT2D eigenvalue weighted by molar-refractivity contribution is 5.89. The molecule has 0 bridgehead atoms. The number of hydrogen-bond donors (Lipinski definition) is 0. The molecule has 3 rings (SSSR count). The van der Waals surface area contributed by atoms with Gasteiger partial charge in [-0.3, -0.25) is 4.79 Å². The van der Waals surface area contributed by atoms with Gasteiger partial charge in [-0.1, -0.05) is 36.4 Å². The van der Waals surface area contributed by atoms with Crippen LogP contribution in [0.5, 0.6) is 0 Å². The van der Waals surface area contributed by atoms with E-state index in [9.17, 15) is 9.18 Å². The zero-order valence-corrected chi connectivity index (χ0v) is 10.5. The van der Waals surface area contributed by atoms with Crippen molar-refractivity contribution in [3.63, 3.8) is 0 Å². The third-order valence-electron chi connectivity index (χ3n) is 3.04. The SMILES string of the molecule is O=c1ccoc2cccc(/C=C/c3ccc(F)cc3)c12. The summed E-state index contributed by atoms with van der Waals surface area (Å²) in [6.07, 6.45) is 5.05. The summed E-state index contributed by atoms with van der Waals surface area (Å²) < 4.78 is 18.2. The van der Waals surface area contributed by atoms with Crippen LogP contribution in [0.2, 0.25) is 0 Å². The van der Waals surface area contributed by atoms with E-state index in [1.165, 1.54) is 24.5 Å². The minimum absolute atomic E-state index is 0.0781. The molecule has 0 unspecified atom stereocenters. The Balaban J connectivity index is 2.07. The number of fused-ring (bicyclic) bond motifs is 1. The van der Waals surface area contributed by atoms with Crippen molar-refractivity contribution in [1.82, 2.24) is 0 Å². The molecule has 98 valence electrons. The standard InChI is InChI=1S/C17H11FO2/c18-14-8-5-12(6-9-14)4-7-13-2-1-3-16-17(13)15(19)10-11-20-16/h1-11H/b7-4+. The molecule has 0 fully saturated rings. The van der Waals surface area contributed by atoms with Gasteiger partial charge in [0.1, 0.15) is 11.4 Å². The Kier molecular flexibility index (Phi) is 3.17. The van der Waals surface area contributed by atoms with Crippen LogP contribution in [0.3, 0.4) is 0 Å². The molecule has 0 atom stereocenters. The van der Waals surface area contributed by atoms with Gasteiger partial charge in [-0.25, -0.2) is 4.39 Å². The molecule has 1 heterocycles. The van der Waals surface area contributed by atoms with E-state index in [0.29, 0.717) is 11.0 Å². The first-order valence-corrected chi connectivity index (χ1v) is 6.18. The molecule has 3 heteroatoms. The van der Waals surface area contributed by atoms with Crippen LogP contribution >= 0.6 is 0 Å². The summed E-state index contributed by atoms with van der Waals surface area (Å²) in [6.45, 7) is 0. The van der Waals surface area contributed by atoms with Crippen LogP contribution < -0.4 is 5.43 Å². The fourth-order valence-corrected chi connectivity index (χ4v) is 2.06. The maximum absolute atomic E-state index is 12.8. The minimum atomic E-state index is -0.270. The van der Waals surface area contributed by atoms with Crippen molar-refractivity contribution in [3.8, 4) is 0 Å². The van der Waals surface area contributed by atoms with Gasteiger partial charge >= 0.3 is 0 Å². The number of halogens is 1. The fourth-order valence-electron chi connectivity index (χ4n) is 2.06. The van der Waals surface area contributed by atoms with Crippen LogP contribution in [0.4, 0.5) is 4.39 Å². The molecule has 2 aromatic carbocycles. The van der Waals surface area contributed by atoms with Crippen LogP contribution in [0.25, 0.3) is 23.1 Å². The molecule has 1 aromatic heterocycles. The van der Waals surface area contributed by atoms with Crippen molar-refractivity contribution in [3.05, 3.63) is 82.0 Å². The number of hydrogen-bond acceptors (Lipinski definition) is 2. The monoisotopic (exact) mass is 266 g/mol. The summed E-state index contributed by atoms with van der Waals surface area (Å²) in [6, 6.07) is 13.0. The van der Waals surface area contributed by atoms with Crippen molar-refractivity contribution in [2.24, 2.45) is 0 Å². The first kappa shape index (κ1) is 12.4. The molecular formula is C17H11FO2. The molecule has 3 aromatic rings. The Morgan fingerprint density at radius 1 is 0.950 bits per heavy atom. The minimum Gasteiger partial charge on any atom is -0.464 e. The number of rotatable bonds is 2. The van der Waals surface area contributed by atoms with Crippen molar-refractivity contribution < 1.29 is 8.81 Å². The van der Waals surface area contributed by atoms with E-state index in [1.807, 2.05) is 24.3 Å². The number of benzene rings is 2. The fraction of sp³-hybridized carbons (Fsp3) is 0. The lowest BCUT2D eigenvalue weighted by atomic mass is 10.1. The van der Waals surface area contributed by atoms with Gasteiger partial charge in [0.05, 0.1) is 11.6 Å². The molecule has 20 heavy (non-hydrogen) atoms. The molecule has 0 amide bonds. The molecular weight excluding hydrogens is 255 g/mol. The van der Waals surface area contributed by atoms with Gasteiger partial charge in [-0.2, -0.15) is 0 Å². The summed E-state index contributed by atoms with van der Waals surface area (Å²) >= 11 is 0. The van der Waals surface area contributed by atoms with Gasteiger partial charge < -0.3 is 4.42 Å². The smallest absolute Gasteiger partial charge is 0.193 e. The third-order valence-corrected chi connectivity index (χ3v) is 3.04. The van der Waals surface area contributed by atoms with E-state index >= 15 is 0 Å². The predicted octanol–water partition coefficient (Wildman–Crippen LogP) is 4.10. The van der Waals surface area contributed by atoms with Gasteiger partial charge in [0.2, 0.25) is 0 Å². The van der Waals surface area contributed by atoms with Gasteiger partial charge in [0.15, 0.2) is 5.43 Å². The van der Waals surface area contributed by atoms with Crippen LogP contribution in [-0.4, -0.2) is 0 Å². The zero-order valence-electron chi connectivity index (χ0n) is 10.5. The topological polar surface area (TPSA) is 30.2 Å². The molecule has 0 saturated heterocycles. The van der Waals surface area contributed by atoms with E-state index in [2.05, 4.69) is 0 Å². The second-order valence-electron chi connectivity index (χ2n) is 4.39. The lowest BCUT2D eigenvalue weighted by Gasteiger charge is -2.00. The summed E-state index contributed by atoms with van der Waals surface area (Å²) in [7, 11) is 0. The van der Waals surface area contributed by atoms with E-state index in [-0.39, 0.29) is 11.2 Å². The summed E-state index contributed by atoms with van der Waals surface area (Å²) in [5, 5.41) is 0.549. The molecule has 0 aliphatic rings. The first-order chi connectivity index (χ1) is 9.74. The van der Waals surface area contributed by atoms with E-state index in [1.54, 1.807) is 18.2 Å². The average Bonchev–Trinajstić information content (AvgIpc) is 2.47. The highest BCUT2D eigenvalue weighted by Gasteiger charge is 2.03. The summed E-state index contributed by atoms with van der Waals surface area (Å²) in [5.74, 6) is -0.270. The largest absolute Gasteiger partial charge is 0.464 e. The van der Waals surface area contributed by atoms with Gasteiger partial charge in [0.25, 0.3) is 0 Å². The molecule has 0 saturated carbocycles. The van der Waals surface area contributed by atoms with Crippen molar-refractivity contribution in [1.29, 1.82) is 0 Å². The van der Waals surface area contributed by atoms with Crippen molar-refractivity contribution in [2.45, 2.75) is 0 Å². The Bertz CT molecular complexity index is 824. The maximum Gasteiger partial charge on any atom is 0.193 e. The van der Waals surface area contributed by atoms with Crippen molar-refractivity contribution >= 4 is 23.1 Å². The average molecular weight is 266 g/mol. The van der Waals surface area contributed by atoms with Crippen LogP contribution in [0, 0.1) is 5.82 Å². The normalized spacial score (nSPS) is 11.2. The lowest BCUT2D eigenvalue weighted by Crippen LogP contribution is -1.99.